The molecule has 0 spiro atoms. The minimum Gasteiger partial charge on any atom is -0.399 e. The van der Waals surface area contributed by atoms with Crippen LogP contribution in [0.2, 0.25) is 0 Å². The first-order chi connectivity index (χ1) is 9.83. The summed E-state index contributed by atoms with van der Waals surface area (Å²) in [6, 6.07) is 11.2. The SMILES string of the molecule is Cc1cc(C#N)ccc1S(=O)(=O)Nc1ccc(N)cc1Br. The average molecular weight is 366 g/mol. The first kappa shape index (κ1) is 15.4. The smallest absolute Gasteiger partial charge is 0.262 e. The molecule has 5 nitrogen and oxygen atoms in total. The zero-order valence-corrected chi connectivity index (χ0v) is 13.5. The lowest BCUT2D eigenvalue weighted by Gasteiger charge is -2.12. The summed E-state index contributed by atoms with van der Waals surface area (Å²) in [4.78, 5) is 0.130. The molecular weight excluding hydrogens is 354 g/mol. The van der Waals surface area contributed by atoms with Crippen LogP contribution in [0.15, 0.2) is 45.8 Å². The Balaban J connectivity index is 2.41. The molecule has 3 N–H and O–H groups in total. The van der Waals surface area contributed by atoms with Gasteiger partial charge in [-0.15, -0.1) is 0 Å². The molecule has 7 heteroatoms. The molecule has 108 valence electrons. The molecule has 0 saturated heterocycles. The van der Waals surface area contributed by atoms with Crippen molar-refractivity contribution in [3.05, 3.63) is 52.0 Å². The number of sulfonamides is 1. The van der Waals surface area contributed by atoms with Crippen LogP contribution in [0.1, 0.15) is 11.1 Å². The van der Waals surface area contributed by atoms with Crippen LogP contribution in [0.25, 0.3) is 0 Å². The Morgan fingerprint density at radius 3 is 2.52 bits per heavy atom. The Hall–Kier alpha value is -2.04. The van der Waals surface area contributed by atoms with Crippen molar-refractivity contribution >= 4 is 37.3 Å². The molecule has 21 heavy (non-hydrogen) atoms. The molecule has 0 fully saturated rings. The van der Waals surface area contributed by atoms with Gasteiger partial charge in [0.05, 0.1) is 22.2 Å². The lowest BCUT2D eigenvalue weighted by atomic mass is 10.2. The van der Waals surface area contributed by atoms with Crippen molar-refractivity contribution in [3.63, 3.8) is 0 Å². The molecule has 2 aromatic rings. The highest BCUT2D eigenvalue weighted by Gasteiger charge is 2.18. The molecular formula is C14H12BrN3O2S. The first-order valence-corrected chi connectivity index (χ1v) is 8.20. The molecule has 0 aliphatic carbocycles. The zero-order valence-electron chi connectivity index (χ0n) is 11.1. The van der Waals surface area contributed by atoms with Gasteiger partial charge in [0.15, 0.2) is 0 Å². The number of halogens is 1. The van der Waals surface area contributed by atoms with Crippen LogP contribution in [0, 0.1) is 18.3 Å². The van der Waals surface area contributed by atoms with E-state index in [9.17, 15) is 8.42 Å². The highest BCUT2D eigenvalue weighted by Crippen LogP contribution is 2.28. The van der Waals surface area contributed by atoms with E-state index in [1.165, 1.54) is 18.2 Å². The van der Waals surface area contributed by atoms with E-state index in [0.29, 0.717) is 27.0 Å². The van der Waals surface area contributed by atoms with Crippen LogP contribution in [0.5, 0.6) is 0 Å². The van der Waals surface area contributed by atoms with E-state index in [2.05, 4.69) is 20.7 Å². The Morgan fingerprint density at radius 1 is 1.24 bits per heavy atom. The van der Waals surface area contributed by atoms with Crippen LogP contribution >= 0.6 is 15.9 Å². The first-order valence-electron chi connectivity index (χ1n) is 5.92. The summed E-state index contributed by atoms with van der Waals surface area (Å²) in [5.74, 6) is 0. The standard InChI is InChI=1S/C14H12BrN3O2S/c1-9-6-10(8-16)2-5-14(9)21(19,20)18-13-4-3-11(17)7-12(13)15/h2-7,18H,17H2,1H3. The number of nitrogen functional groups attached to an aromatic ring is 1. The number of rotatable bonds is 3. The van der Waals surface area contributed by atoms with E-state index in [1.807, 2.05) is 6.07 Å². The predicted octanol–water partition coefficient (Wildman–Crippen LogP) is 3.01. The normalized spacial score (nSPS) is 10.9. The van der Waals surface area contributed by atoms with Gasteiger partial charge in [-0.05, 0) is 64.8 Å². The third-order valence-corrected chi connectivity index (χ3v) is 5.01. The Labute approximate surface area is 131 Å². The number of nitrogens with zero attached hydrogens (tertiary/aromatic N) is 1. The molecule has 0 atom stereocenters. The fourth-order valence-corrected chi connectivity index (χ4v) is 3.77. The van der Waals surface area contributed by atoms with Crippen molar-refractivity contribution < 1.29 is 8.42 Å². The summed E-state index contributed by atoms with van der Waals surface area (Å²) in [5.41, 5.74) is 7.47. The van der Waals surface area contributed by atoms with Gasteiger partial charge in [-0.2, -0.15) is 5.26 Å². The van der Waals surface area contributed by atoms with Gasteiger partial charge >= 0.3 is 0 Å². The van der Waals surface area contributed by atoms with Gasteiger partial charge in [0.1, 0.15) is 0 Å². The van der Waals surface area contributed by atoms with E-state index in [4.69, 9.17) is 11.0 Å². The number of benzene rings is 2. The van der Waals surface area contributed by atoms with Crippen LogP contribution in [0.4, 0.5) is 11.4 Å². The lowest BCUT2D eigenvalue weighted by Crippen LogP contribution is -2.14. The second-order valence-corrected chi connectivity index (χ2v) is 6.94. The fourth-order valence-electron chi connectivity index (χ4n) is 1.83. The predicted molar refractivity (Wildman–Crippen MR) is 85.3 cm³/mol. The molecule has 0 aromatic heterocycles. The minimum absolute atomic E-state index is 0.130. The van der Waals surface area contributed by atoms with E-state index in [0.717, 1.165) is 0 Å². The molecule has 0 unspecified atom stereocenters. The van der Waals surface area contributed by atoms with Gasteiger partial charge < -0.3 is 5.73 Å². The van der Waals surface area contributed by atoms with E-state index < -0.39 is 10.0 Å². The number of hydrogen-bond acceptors (Lipinski definition) is 4. The topological polar surface area (TPSA) is 96.0 Å². The molecule has 0 aliphatic heterocycles. The fraction of sp³-hybridized carbons (Fsp3) is 0.0714. The lowest BCUT2D eigenvalue weighted by molar-refractivity contribution is 0.600. The Bertz CT molecular complexity index is 842. The molecule has 0 amide bonds. The van der Waals surface area contributed by atoms with Crippen LogP contribution in [0.3, 0.4) is 0 Å². The van der Waals surface area contributed by atoms with E-state index in [-0.39, 0.29) is 4.90 Å². The number of anilines is 2. The van der Waals surface area contributed by atoms with Crippen LogP contribution < -0.4 is 10.5 Å². The van der Waals surface area contributed by atoms with Gasteiger partial charge in [-0.3, -0.25) is 4.72 Å². The largest absolute Gasteiger partial charge is 0.399 e. The average Bonchev–Trinajstić information content (AvgIpc) is 2.41. The second kappa shape index (κ2) is 5.76. The highest BCUT2D eigenvalue weighted by atomic mass is 79.9. The number of nitrogens with one attached hydrogen (secondary N) is 1. The van der Waals surface area contributed by atoms with Gasteiger partial charge in [0.2, 0.25) is 0 Å². The molecule has 2 aromatic carbocycles. The molecule has 0 bridgehead atoms. The summed E-state index contributed by atoms with van der Waals surface area (Å²) >= 11 is 3.26. The van der Waals surface area contributed by atoms with Gasteiger partial charge in [0.25, 0.3) is 10.0 Å². The minimum atomic E-state index is -3.73. The summed E-state index contributed by atoms with van der Waals surface area (Å²) < 4.78 is 27.9. The van der Waals surface area contributed by atoms with Crippen molar-refractivity contribution in [2.75, 3.05) is 10.5 Å². The second-order valence-electron chi connectivity index (χ2n) is 4.44. The maximum Gasteiger partial charge on any atom is 0.262 e. The summed E-state index contributed by atoms with van der Waals surface area (Å²) in [5, 5.41) is 8.82. The Kier molecular flexibility index (Phi) is 4.21. The highest BCUT2D eigenvalue weighted by molar-refractivity contribution is 9.10. The molecule has 2 rings (SSSR count). The number of aryl methyl sites for hydroxylation is 1. The van der Waals surface area contributed by atoms with E-state index in [1.54, 1.807) is 25.1 Å². The maximum absolute atomic E-state index is 12.4. The molecule has 0 aliphatic rings. The molecule has 0 saturated carbocycles. The summed E-state index contributed by atoms with van der Waals surface area (Å²) in [6.45, 7) is 1.65. The van der Waals surface area contributed by atoms with E-state index >= 15 is 0 Å². The molecule has 0 heterocycles. The van der Waals surface area contributed by atoms with Crippen LogP contribution in [-0.2, 0) is 10.0 Å². The van der Waals surface area contributed by atoms with Crippen LogP contribution in [-0.4, -0.2) is 8.42 Å². The van der Waals surface area contributed by atoms with Crippen molar-refractivity contribution in [2.45, 2.75) is 11.8 Å². The summed E-state index contributed by atoms with van der Waals surface area (Å²) in [7, 11) is -3.73. The summed E-state index contributed by atoms with van der Waals surface area (Å²) in [6.07, 6.45) is 0. The van der Waals surface area contributed by atoms with Gasteiger partial charge in [-0.1, -0.05) is 0 Å². The third-order valence-electron chi connectivity index (χ3n) is 2.83. The maximum atomic E-state index is 12.4. The van der Waals surface area contributed by atoms with Crippen molar-refractivity contribution in [1.82, 2.24) is 0 Å². The quantitative estimate of drug-likeness (QED) is 0.817. The third kappa shape index (κ3) is 3.35. The number of nitrogens with two attached hydrogens (primary N) is 1. The van der Waals surface area contributed by atoms with Crippen molar-refractivity contribution in [1.29, 1.82) is 5.26 Å². The zero-order chi connectivity index (χ0) is 15.6. The Morgan fingerprint density at radius 2 is 1.95 bits per heavy atom. The van der Waals surface area contributed by atoms with Crippen molar-refractivity contribution in [3.8, 4) is 6.07 Å². The monoisotopic (exact) mass is 365 g/mol. The van der Waals surface area contributed by atoms with Crippen molar-refractivity contribution in [2.24, 2.45) is 0 Å². The number of hydrogen-bond donors (Lipinski definition) is 2. The number of nitriles is 1. The molecule has 0 radical (unpaired) electrons. The van der Waals surface area contributed by atoms with Gasteiger partial charge in [0, 0.05) is 10.2 Å². The van der Waals surface area contributed by atoms with Gasteiger partial charge in [-0.25, -0.2) is 8.42 Å².